The number of hydrogen-bond acceptors (Lipinski definition) is 3. The van der Waals surface area contributed by atoms with Crippen molar-refractivity contribution < 1.29 is 21.6 Å². The van der Waals surface area contributed by atoms with Gasteiger partial charge in [0, 0.05) is 20.1 Å². The van der Waals surface area contributed by atoms with Crippen LogP contribution in [0.2, 0.25) is 5.15 Å². The minimum Gasteiger partial charge on any atom is -0.324 e. The number of imidazole rings is 1. The monoisotopic (exact) mass is 331 g/mol. The molecule has 0 atom stereocenters. The van der Waals surface area contributed by atoms with Gasteiger partial charge in [-0.15, -0.1) is 0 Å². The molecule has 1 aliphatic rings. The zero-order chi connectivity index (χ0) is 15.1. The van der Waals surface area contributed by atoms with Gasteiger partial charge in [0.05, 0.1) is 12.2 Å². The van der Waals surface area contributed by atoms with Crippen LogP contribution >= 0.6 is 11.6 Å². The van der Waals surface area contributed by atoms with Gasteiger partial charge >= 0.3 is 6.18 Å². The van der Waals surface area contributed by atoms with Crippen LogP contribution in [0.25, 0.3) is 0 Å². The van der Waals surface area contributed by atoms with Gasteiger partial charge in [0.1, 0.15) is 5.15 Å². The van der Waals surface area contributed by atoms with E-state index in [0.29, 0.717) is 0 Å². The highest BCUT2D eigenvalue weighted by molar-refractivity contribution is 7.89. The van der Waals surface area contributed by atoms with Crippen LogP contribution in [0.1, 0.15) is 12.8 Å². The second kappa shape index (κ2) is 5.19. The number of hydrogen-bond donors (Lipinski definition) is 0. The Balaban J connectivity index is 2.16. The van der Waals surface area contributed by atoms with Gasteiger partial charge in [-0.1, -0.05) is 11.6 Å². The first-order chi connectivity index (χ1) is 9.14. The Morgan fingerprint density at radius 3 is 2.30 bits per heavy atom. The summed E-state index contributed by atoms with van der Waals surface area (Å²) in [6.45, 7) is -0.362. The molecule has 1 aromatic rings. The van der Waals surface area contributed by atoms with E-state index in [4.69, 9.17) is 11.6 Å². The summed E-state index contributed by atoms with van der Waals surface area (Å²) in [4.78, 5) is 3.71. The molecule has 1 aliphatic heterocycles. The summed E-state index contributed by atoms with van der Waals surface area (Å²) in [6, 6.07) is 0. The number of nitrogens with zero attached hydrogens (tertiary/aromatic N) is 3. The average molecular weight is 332 g/mol. The molecule has 2 rings (SSSR count). The van der Waals surface area contributed by atoms with Crippen LogP contribution in [0.4, 0.5) is 13.2 Å². The maximum absolute atomic E-state index is 12.6. The van der Waals surface area contributed by atoms with E-state index in [1.807, 2.05) is 0 Å². The molecule has 0 spiro atoms. The van der Waals surface area contributed by atoms with Crippen molar-refractivity contribution in [1.82, 2.24) is 13.9 Å². The fourth-order valence-corrected chi connectivity index (χ4v) is 3.97. The van der Waals surface area contributed by atoms with Gasteiger partial charge in [-0.25, -0.2) is 13.4 Å². The number of aromatic nitrogens is 2. The first-order valence-corrected chi connectivity index (χ1v) is 7.69. The van der Waals surface area contributed by atoms with Crippen molar-refractivity contribution in [2.75, 3.05) is 13.1 Å². The Kier molecular flexibility index (Phi) is 4.05. The van der Waals surface area contributed by atoms with Crippen LogP contribution in [0, 0.1) is 5.92 Å². The maximum Gasteiger partial charge on any atom is 0.391 e. The first kappa shape index (κ1) is 15.6. The fraction of sp³-hybridized carbons (Fsp3) is 0.700. The summed E-state index contributed by atoms with van der Waals surface area (Å²) in [6.07, 6.45) is -3.52. The van der Waals surface area contributed by atoms with Gasteiger partial charge in [-0.05, 0) is 12.8 Å². The molecule has 10 heteroatoms. The molecule has 0 amide bonds. The Hall–Kier alpha value is -0.800. The number of piperidine rings is 1. The predicted molar refractivity (Wildman–Crippen MR) is 65.8 cm³/mol. The van der Waals surface area contributed by atoms with E-state index in [1.54, 1.807) is 0 Å². The van der Waals surface area contributed by atoms with E-state index < -0.39 is 22.1 Å². The summed E-state index contributed by atoms with van der Waals surface area (Å²) in [5, 5.41) is -0.366. The number of sulfonamides is 1. The molecule has 0 saturated carbocycles. The predicted octanol–water partition coefficient (Wildman–Crippen LogP) is 2.04. The molecule has 20 heavy (non-hydrogen) atoms. The van der Waals surface area contributed by atoms with E-state index in [2.05, 4.69) is 4.98 Å². The van der Waals surface area contributed by atoms with Gasteiger partial charge < -0.3 is 4.57 Å². The van der Waals surface area contributed by atoms with Gasteiger partial charge in [0.25, 0.3) is 10.0 Å². The fourth-order valence-electron chi connectivity index (χ4n) is 2.11. The molecule has 1 aromatic heterocycles. The third-order valence-electron chi connectivity index (χ3n) is 3.34. The summed E-state index contributed by atoms with van der Waals surface area (Å²) in [5.74, 6) is -1.45. The molecule has 0 aromatic carbocycles. The second-order valence-electron chi connectivity index (χ2n) is 4.67. The SMILES string of the molecule is Cn1cnc(S(=O)(=O)N2CCC(C(F)(F)F)CC2)c1Cl. The number of rotatable bonds is 2. The lowest BCUT2D eigenvalue weighted by Crippen LogP contribution is -2.42. The van der Waals surface area contributed by atoms with E-state index in [0.717, 1.165) is 4.31 Å². The highest BCUT2D eigenvalue weighted by Gasteiger charge is 2.43. The molecule has 0 aliphatic carbocycles. The number of aryl methyl sites for hydroxylation is 1. The minimum atomic E-state index is -4.28. The Bertz CT molecular complexity index is 591. The lowest BCUT2D eigenvalue weighted by atomic mass is 9.98. The molecule has 114 valence electrons. The third-order valence-corrected chi connectivity index (χ3v) is 5.73. The van der Waals surface area contributed by atoms with Crippen LogP contribution in [0.15, 0.2) is 11.4 Å². The van der Waals surface area contributed by atoms with Gasteiger partial charge in [0.2, 0.25) is 5.03 Å². The summed E-state index contributed by atoms with van der Waals surface area (Å²) in [7, 11) is -2.41. The zero-order valence-electron chi connectivity index (χ0n) is 10.6. The second-order valence-corrected chi connectivity index (χ2v) is 6.88. The maximum atomic E-state index is 12.6. The van der Waals surface area contributed by atoms with Crippen LogP contribution < -0.4 is 0 Å². The standard InChI is InChI=1S/C10H13ClF3N3O2S/c1-16-6-15-9(8(16)11)20(18,19)17-4-2-7(3-5-17)10(12,13)14/h6-7H,2-5H2,1H3. The average Bonchev–Trinajstić information content (AvgIpc) is 2.69. The number of halogens is 4. The lowest BCUT2D eigenvalue weighted by molar-refractivity contribution is -0.182. The van der Waals surface area contributed by atoms with Crippen molar-refractivity contribution >= 4 is 21.6 Å². The van der Waals surface area contributed by atoms with E-state index in [1.165, 1.54) is 17.9 Å². The molecule has 0 unspecified atom stereocenters. The highest BCUT2D eigenvalue weighted by Crippen LogP contribution is 2.35. The Morgan fingerprint density at radius 2 is 1.90 bits per heavy atom. The van der Waals surface area contributed by atoms with Crippen molar-refractivity contribution in [3.05, 3.63) is 11.5 Å². The van der Waals surface area contributed by atoms with Crippen molar-refractivity contribution in [3.63, 3.8) is 0 Å². The van der Waals surface area contributed by atoms with Gasteiger partial charge in [-0.2, -0.15) is 17.5 Å². The lowest BCUT2D eigenvalue weighted by Gasteiger charge is -2.31. The molecule has 0 N–H and O–H groups in total. The van der Waals surface area contributed by atoms with Crippen LogP contribution in [-0.2, 0) is 17.1 Å². The zero-order valence-corrected chi connectivity index (χ0v) is 12.1. The van der Waals surface area contributed by atoms with E-state index in [9.17, 15) is 21.6 Å². The summed E-state index contributed by atoms with van der Waals surface area (Å²) in [5.41, 5.74) is 0. The number of alkyl halides is 3. The Morgan fingerprint density at radius 1 is 1.35 bits per heavy atom. The van der Waals surface area contributed by atoms with Crippen molar-refractivity contribution in [3.8, 4) is 0 Å². The molecule has 2 heterocycles. The smallest absolute Gasteiger partial charge is 0.324 e. The van der Waals surface area contributed by atoms with Gasteiger partial charge in [-0.3, -0.25) is 0 Å². The topological polar surface area (TPSA) is 55.2 Å². The third kappa shape index (κ3) is 2.79. The summed E-state index contributed by atoms with van der Waals surface area (Å²) < 4.78 is 64.5. The first-order valence-electron chi connectivity index (χ1n) is 5.87. The minimum absolute atomic E-state index is 0.0528. The van der Waals surface area contributed by atoms with Crippen molar-refractivity contribution in [2.45, 2.75) is 24.0 Å². The molecular formula is C10H13ClF3N3O2S. The van der Waals surface area contributed by atoms with E-state index in [-0.39, 0.29) is 36.1 Å². The molecular weight excluding hydrogens is 319 g/mol. The quantitative estimate of drug-likeness (QED) is 0.833. The van der Waals surface area contributed by atoms with Crippen molar-refractivity contribution in [1.29, 1.82) is 0 Å². The molecule has 1 saturated heterocycles. The highest BCUT2D eigenvalue weighted by atomic mass is 35.5. The molecule has 0 bridgehead atoms. The van der Waals surface area contributed by atoms with Crippen molar-refractivity contribution in [2.24, 2.45) is 13.0 Å². The van der Waals surface area contributed by atoms with Gasteiger partial charge in [0.15, 0.2) is 0 Å². The van der Waals surface area contributed by atoms with Crippen LogP contribution in [0.3, 0.4) is 0 Å². The summed E-state index contributed by atoms with van der Waals surface area (Å²) >= 11 is 5.83. The van der Waals surface area contributed by atoms with Crippen LogP contribution in [0.5, 0.6) is 0 Å². The normalized spacial score (nSPS) is 19.4. The molecule has 1 fully saturated rings. The van der Waals surface area contributed by atoms with E-state index >= 15 is 0 Å². The largest absolute Gasteiger partial charge is 0.391 e. The molecule has 0 radical (unpaired) electrons. The Labute approximate surface area is 119 Å². The van der Waals surface area contributed by atoms with Crippen LogP contribution in [-0.4, -0.2) is 41.5 Å². The molecule has 5 nitrogen and oxygen atoms in total.